The average Bonchev–Trinajstić information content (AvgIpc) is 2.64. The summed E-state index contributed by atoms with van der Waals surface area (Å²) in [5.41, 5.74) is 6.68. The molecule has 2 rings (SSSR count). The van der Waals surface area contributed by atoms with Gasteiger partial charge in [-0.3, -0.25) is 14.4 Å². The van der Waals surface area contributed by atoms with Gasteiger partial charge >= 0.3 is 0 Å². The Balaban J connectivity index is 2.02. The van der Waals surface area contributed by atoms with E-state index >= 15 is 0 Å². The molecule has 4 N–H and O–H groups in total. The van der Waals surface area contributed by atoms with Crippen molar-refractivity contribution in [3.8, 4) is 0 Å². The molecule has 0 bridgehead atoms. The van der Waals surface area contributed by atoms with Crippen LogP contribution in [0.1, 0.15) is 44.5 Å². The summed E-state index contributed by atoms with van der Waals surface area (Å²) in [7, 11) is 0. The third kappa shape index (κ3) is 5.79. The number of benzene rings is 1. The lowest BCUT2D eigenvalue weighted by Gasteiger charge is -2.35. The molecule has 3 amide bonds. The number of amides is 3. The van der Waals surface area contributed by atoms with E-state index in [1.165, 1.54) is 0 Å². The van der Waals surface area contributed by atoms with Crippen LogP contribution in [0.15, 0.2) is 24.3 Å². The van der Waals surface area contributed by atoms with Crippen LogP contribution in [0.2, 0.25) is 0 Å². The molecule has 1 heterocycles. The van der Waals surface area contributed by atoms with Gasteiger partial charge in [0.25, 0.3) is 5.91 Å². The Morgan fingerprint density at radius 1 is 1.14 bits per heavy atom. The summed E-state index contributed by atoms with van der Waals surface area (Å²) in [6.07, 6.45) is 1.11. The van der Waals surface area contributed by atoms with Crippen molar-refractivity contribution in [1.82, 2.24) is 10.2 Å². The minimum Gasteiger partial charge on any atom is -0.346 e. The van der Waals surface area contributed by atoms with Crippen molar-refractivity contribution in [3.05, 3.63) is 29.8 Å². The number of rotatable bonds is 6. The van der Waals surface area contributed by atoms with Gasteiger partial charge in [0.2, 0.25) is 11.8 Å². The number of piperidine rings is 1. The lowest BCUT2D eigenvalue weighted by Crippen LogP contribution is -2.46. The van der Waals surface area contributed by atoms with Crippen LogP contribution < -0.4 is 16.4 Å². The molecule has 0 saturated carbocycles. The van der Waals surface area contributed by atoms with Gasteiger partial charge in [-0.25, -0.2) is 0 Å². The Morgan fingerprint density at radius 2 is 1.75 bits per heavy atom. The zero-order valence-electron chi connectivity index (χ0n) is 17.2. The summed E-state index contributed by atoms with van der Waals surface area (Å²) in [4.78, 5) is 39.0. The zero-order chi connectivity index (χ0) is 20.8. The molecule has 1 aliphatic rings. The Labute approximate surface area is 167 Å². The zero-order valence-corrected chi connectivity index (χ0v) is 17.2. The van der Waals surface area contributed by atoms with Crippen molar-refractivity contribution >= 4 is 23.4 Å². The van der Waals surface area contributed by atoms with Crippen LogP contribution in [0.25, 0.3) is 0 Å². The molecule has 1 aromatic carbocycles. The summed E-state index contributed by atoms with van der Waals surface area (Å²) in [6, 6.07) is 6.30. The Morgan fingerprint density at radius 3 is 2.36 bits per heavy atom. The highest BCUT2D eigenvalue weighted by molar-refractivity contribution is 6.04. The molecule has 154 valence electrons. The van der Waals surface area contributed by atoms with Crippen molar-refractivity contribution in [2.45, 2.75) is 40.2 Å². The van der Waals surface area contributed by atoms with E-state index < -0.39 is 11.9 Å². The van der Waals surface area contributed by atoms with Crippen LogP contribution in [0, 0.1) is 17.8 Å². The number of nitrogens with one attached hydrogen (secondary N) is 2. The Kier molecular flexibility index (Phi) is 7.57. The summed E-state index contributed by atoms with van der Waals surface area (Å²) in [6.45, 7) is 9.22. The third-order valence-electron chi connectivity index (χ3n) is 5.03. The van der Waals surface area contributed by atoms with Crippen LogP contribution in [-0.2, 0) is 9.59 Å². The predicted octanol–water partition coefficient (Wildman–Crippen LogP) is 1.84. The number of hydrogen-bond acceptors (Lipinski definition) is 4. The first-order valence-electron chi connectivity index (χ1n) is 9.90. The van der Waals surface area contributed by atoms with E-state index in [2.05, 4.69) is 24.5 Å². The summed E-state index contributed by atoms with van der Waals surface area (Å²) in [5, 5.41) is 5.27. The van der Waals surface area contributed by atoms with Crippen molar-refractivity contribution in [3.63, 3.8) is 0 Å². The summed E-state index contributed by atoms with van der Waals surface area (Å²) in [5.74, 6) is 0.0382. The van der Waals surface area contributed by atoms with Gasteiger partial charge in [0.05, 0.1) is 23.8 Å². The van der Waals surface area contributed by atoms with Crippen molar-refractivity contribution in [1.29, 1.82) is 0 Å². The van der Waals surface area contributed by atoms with Gasteiger partial charge < -0.3 is 21.3 Å². The fraction of sp³-hybridized carbons (Fsp3) is 0.571. The largest absolute Gasteiger partial charge is 0.346 e. The number of carbonyl (C=O) groups excluding carboxylic acids is 3. The lowest BCUT2D eigenvalue weighted by molar-refractivity contribution is -0.125. The molecule has 1 aromatic rings. The minimum atomic E-state index is -0.662. The number of likely N-dealkylation sites (tertiary alicyclic amines) is 1. The van der Waals surface area contributed by atoms with Crippen LogP contribution in [0.5, 0.6) is 0 Å². The summed E-state index contributed by atoms with van der Waals surface area (Å²) >= 11 is 0. The molecule has 1 fully saturated rings. The quantitative estimate of drug-likeness (QED) is 0.691. The fourth-order valence-corrected chi connectivity index (χ4v) is 3.56. The number of nitrogens with zero attached hydrogens (tertiary/aromatic N) is 1. The topological polar surface area (TPSA) is 105 Å². The number of hydrogen-bond donors (Lipinski definition) is 3. The maximum absolute atomic E-state index is 13.0. The molecule has 2 unspecified atom stereocenters. The summed E-state index contributed by atoms with van der Waals surface area (Å²) < 4.78 is 0. The molecule has 1 aliphatic heterocycles. The second kappa shape index (κ2) is 9.68. The van der Waals surface area contributed by atoms with Crippen molar-refractivity contribution < 1.29 is 14.4 Å². The maximum Gasteiger partial charge on any atom is 0.255 e. The highest BCUT2D eigenvalue weighted by Gasteiger charge is 2.27. The van der Waals surface area contributed by atoms with E-state index in [0.29, 0.717) is 36.2 Å². The van der Waals surface area contributed by atoms with Crippen LogP contribution in [0.3, 0.4) is 0 Å². The van der Waals surface area contributed by atoms with Gasteiger partial charge in [0.1, 0.15) is 0 Å². The van der Waals surface area contributed by atoms with Crippen LogP contribution >= 0.6 is 0 Å². The molecule has 1 saturated heterocycles. The highest BCUT2D eigenvalue weighted by atomic mass is 16.2. The van der Waals surface area contributed by atoms with E-state index in [-0.39, 0.29) is 24.3 Å². The average molecular weight is 389 g/mol. The highest BCUT2D eigenvalue weighted by Crippen LogP contribution is 2.24. The molecule has 28 heavy (non-hydrogen) atoms. The van der Waals surface area contributed by atoms with Gasteiger partial charge in [0, 0.05) is 13.1 Å². The van der Waals surface area contributed by atoms with E-state index in [1.54, 1.807) is 24.3 Å². The third-order valence-corrected chi connectivity index (χ3v) is 5.03. The first-order valence-corrected chi connectivity index (χ1v) is 9.90. The molecule has 0 radical (unpaired) electrons. The Hall–Kier alpha value is -2.41. The van der Waals surface area contributed by atoms with Gasteiger partial charge in [-0.05, 0) is 36.3 Å². The van der Waals surface area contributed by atoms with Crippen molar-refractivity contribution in [2.75, 3.05) is 25.0 Å². The molecule has 3 atom stereocenters. The lowest BCUT2D eigenvalue weighted by atomic mass is 9.91. The minimum absolute atomic E-state index is 0.0178. The van der Waals surface area contributed by atoms with E-state index in [0.717, 1.165) is 6.42 Å². The Bertz CT molecular complexity index is 709. The van der Waals surface area contributed by atoms with E-state index in [4.69, 9.17) is 5.73 Å². The van der Waals surface area contributed by atoms with Crippen molar-refractivity contribution in [2.24, 2.45) is 23.5 Å². The van der Waals surface area contributed by atoms with Crippen LogP contribution in [0.4, 0.5) is 5.69 Å². The molecule has 7 heteroatoms. The molecule has 0 aliphatic carbocycles. The van der Waals surface area contributed by atoms with E-state index in [1.807, 2.05) is 18.7 Å². The smallest absolute Gasteiger partial charge is 0.255 e. The second-order valence-electron chi connectivity index (χ2n) is 8.24. The maximum atomic E-state index is 13.0. The number of anilines is 1. The fourth-order valence-electron chi connectivity index (χ4n) is 3.56. The monoisotopic (exact) mass is 388 g/mol. The van der Waals surface area contributed by atoms with Gasteiger partial charge in [-0.2, -0.15) is 0 Å². The first-order chi connectivity index (χ1) is 13.2. The molecular weight excluding hydrogens is 356 g/mol. The number of carbonyl (C=O) groups is 3. The van der Waals surface area contributed by atoms with Crippen LogP contribution in [-0.4, -0.2) is 48.3 Å². The standard InChI is InChI=1S/C21H32N4O3/c1-13(2)19(22)20(27)23-10-18(26)24-17-8-6-5-7-16(17)21(28)25-11-14(3)9-15(4)12-25/h5-8,13-15,19H,9-12,22H2,1-4H3,(H,23,27)(H,24,26)/t14?,15?,19-/m0/s1. The molecule has 0 aromatic heterocycles. The SMILES string of the molecule is CC1CC(C)CN(C(=O)c2ccccc2NC(=O)CNC(=O)[C@@H](N)C(C)C)C1. The molecule has 0 spiro atoms. The normalized spacial score (nSPS) is 20.6. The molecular formula is C21H32N4O3. The molecule has 7 nitrogen and oxygen atoms in total. The van der Waals surface area contributed by atoms with Gasteiger partial charge in [0.15, 0.2) is 0 Å². The van der Waals surface area contributed by atoms with Gasteiger partial charge in [-0.15, -0.1) is 0 Å². The van der Waals surface area contributed by atoms with Gasteiger partial charge in [-0.1, -0.05) is 39.8 Å². The first kappa shape index (κ1) is 21.9. The second-order valence-corrected chi connectivity index (χ2v) is 8.24. The number of para-hydroxylation sites is 1. The van der Waals surface area contributed by atoms with E-state index in [9.17, 15) is 14.4 Å². The number of nitrogens with two attached hydrogens (primary N) is 1. The predicted molar refractivity (Wildman–Crippen MR) is 110 cm³/mol.